The van der Waals surface area contributed by atoms with Crippen LogP contribution in [0.2, 0.25) is 0 Å². The van der Waals surface area contributed by atoms with Gasteiger partial charge in [0.2, 0.25) is 0 Å². The minimum atomic E-state index is -1.65. The summed E-state index contributed by atoms with van der Waals surface area (Å²) in [6.45, 7) is 1.88. The molecule has 0 rings (SSSR count). The highest BCUT2D eigenvalue weighted by atomic mass is 79.9. The molecule has 9 heavy (non-hydrogen) atoms. The Hall–Kier alpha value is -0.400. The van der Waals surface area contributed by atoms with E-state index < -0.39 is 6.37 Å². The smallest absolute Gasteiger partial charge is 0.0702 e. The second-order valence-electron chi connectivity index (χ2n) is 1.22. The fourth-order valence-corrected chi connectivity index (χ4v) is 0.382. The summed E-state index contributed by atoms with van der Waals surface area (Å²) in [6, 6.07) is 0. The number of alkyl halides is 1. The molecule has 0 unspecified atom stereocenters. The number of halogens is 1. The van der Waals surface area contributed by atoms with Crippen LogP contribution in [0.1, 0.15) is 22.5 Å². The van der Waals surface area contributed by atoms with Gasteiger partial charge in [-0.25, -0.2) is 0 Å². The highest BCUT2D eigenvalue weighted by molar-refractivity contribution is 9.09. The van der Waals surface area contributed by atoms with Gasteiger partial charge >= 0.3 is 0 Å². The maximum atomic E-state index is 7.23. The summed E-state index contributed by atoms with van der Waals surface area (Å²) in [5.74, 6) is 10.1. The molecule has 0 atom stereocenters. The lowest BCUT2D eigenvalue weighted by Crippen LogP contribution is -1.62. The lowest BCUT2D eigenvalue weighted by Gasteiger charge is -1.70. The van der Waals surface area contributed by atoms with E-state index in [0.29, 0.717) is 11.8 Å². The molecule has 48 valence electrons. The zero-order chi connectivity index (χ0) is 8.74. The third-order valence-electron chi connectivity index (χ3n) is 0.545. The van der Waals surface area contributed by atoms with Crippen LogP contribution in [-0.4, -0.2) is 5.33 Å². The first-order valence-corrected chi connectivity index (χ1v) is 3.80. The monoisotopic (exact) mass is 186 g/mol. The molecule has 1 heteroatoms. The molecule has 0 fully saturated rings. The molecule has 0 radical (unpaired) electrons. The molecule has 0 aromatic rings. The third-order valence-corrected chi connectivity index (χ3v) is 0.826. The van der Waals surface area contributed by atoms with Gasteiger partial charge in [-0.2, -0.15) is 0 Å². The average Bonchev–Trinajstić information content (AvgIpc) is 1.97. The van der Waals surface area contributed by atoms with Crippen molar-refractivity contribution in [1.82, 2.24) is 0 Å². The molecule has 0 heterocycles. The van der Waals surface area contributed by atoms with Crippen LogP contribution in [0.4, 0.5) is 0 Å². The molecular weight excluding hydrogens is 176 g/mol. The van der Waals surface area contributed by atoms with E-state index in [4.69, 9.17) is 2.74 Å². The summed E-state index contributed by atoms with van der Waals surface area (Å²) in [7, 11) is 0. The summed E-state index contributed by atoms with van der Waals surface area (Å²) in [4.78, 5) is 0. The molecule has 0 aliphatic carbocycles. The predicted molar refractivity (Wildman–Crippen MR) is 44.3 cm³/mol. The second-order valence-corrected chi connectivity index (χ2v) is 1.78. The van der Waals surface area contributed by atoms with Gasteiger partial charge in [0, 0.05) is 6.42 Å². The third kappa shape index (κ3) is 7.60. The van der Waals surface area contributed by atoms with Gasteiger partial charge in [-0.3, -0.25) is 0 Å². The van der Waals surface area contributed by atoms with Gasteiger partial charge in [-0.15, -0.1) is 5.92 Å². The van der Waals surface area contributed by atoms with E-state index in [-0.39, 0.29) is 0 Å². The fourth-order valence-electron chi connectivity index (χ4n) is 0.241. The van der Waals surface area contributed by atoms with Crippen LogP contribution >= 0.6 is 15.9 Å². The minimum Gasteiger partial charge on any atom is -0.103 e. The molecule has 0 N–H and O–H groups in total. The van der Waals surface area contributed by atoms with Gasteiger partial charge in [0.25, 0.3) is 0 Å². The van der Waals surface area contributed by atoms with Crippen molar-refractivity contribution in [3.63, 3.8) is 0 Å². The van der Waals surface area contributed by atoms with Crippen molar-refractivity contribution in [2.75, 3.05) is 5.33 Å². The quantitative estimate of drug-likeness (QED) is 0.402. The van der Waals surface area contributed by atoms with Gasteiger partial charge < -0.3 is 0 Å². The Kier molecular flexibility index (Phi) is 4.55. The van der Waals surface area contributed by atoms with Crippen LogP contribution in [0, 0.1) is 23.7 Å². The summed E-state index contributed by atoms with van der Waals surface area (Å²) >= 11 is 3.08. The van der Waals surface area contributed by atoms with E-state index in [1.807, 2.05) is 6.92 Å². The highest BCUT2D eigenvalue weighted by Crippen LogP contribution is 1.76. The molecule has 0 aliphatic heterocycles. The highest BCUT2D eigenvalue weighted by Gasteiger charge is 1.64. The molecular formula is C8H9Br. The molecule has 0 bridgehead atoms. The zero-order valence-corrected chi connectivity index (χ0v) is 6.88. The van der Waals surface area contributed by atoms with Crippen LogP contribution < -0.4 is 0 Å². The van der Waals surface area contributed by atoms with Gasteiger partial charge in [0.05, 0.1) is 14.4 Å². The fraction of sp³-hybridized carbons (Fsp3) is 0.500. The zero-order valence-electron chi connectivity index (χ0n) is 7.29. The van der Waals surface area contributed by atoms with E-state index >= 15 is 0 Å². The molecule has 0 aromatic carbocycles. The van der Waals surface area contributed by atoms with Crippen LogP contribution in [0.25, 0.3) is 0 Å². The first-order valence-electron chi connectivity index (χ1n) is 3.68. The molecule has 0 aromatic heterocycles. The van der Waals surface area contributed by atoms with Crippen LogP contribution in [0.5, 0.6) is 0 Å². The molecule has 0 saturated carbocycles. The van der Waals surface area contributed by atoms with Crippen LogP contribution in [0.15, 0.2) is 0 Å². The van der Waals surface area contributed by atoms with E-state index in [1.54, 1.807) is 0 Å². The van der Waals surface area contributed by atoms with Crippen LogP contribution in [0.3, 0.4) is 0 Å². The van der Waals surface area contributed by atoms with Gasteiger partial charge in [-0.1, -0.05) is 40.6 Å². The van der Waals surface area contributed by atoms with E-state index in [0.717, 1.165) is 0 Å². The van der Waals surface area contributed by atoms with Gasteiger partial charge in [0.15, 0.2) is 0 Å². The number of rotatable bonds is 0. The lowest BCUT2D eigenvalue weighted by molar-refractivity contribution is 1.27. The summed E-state index contributed by atoms with van der Waals surface area (Å²) in [5, 5.41) is 0.486. The van der Waals surface area contributed by atoms with Gasteiger partial charge in [-0.05, 0) is 0 Å². The maximum Gasteiger partial charge on any atom is 0.0702 e. The topological polar surface area (TPSA) is 0 Å². The van der Waals surface area contributed by atoms with E-state index in [1.165, 1.54) is 0 Å². The van der Waals surface area contributed by atoms with Crippen molar-refractivity contribution in [2.45, 2.75) is 19.7 Å². The van der Waals surface area contributed by atoms with Crippen molar-refractivity contribution in [3.05, 3.63) is 0 Å². The van der Waals surface area contributed by atoms with Gasteiger partial charge in [0.1, 0.15) is 0 Å². The first-order chi connectivity index (χ1) is 5.12. The Morgan fingerprint density at radius 1 is 1.33 bits per heavy atom. The maximum absolute atomic E-state index is 7.23. The Bertz CT molecular complexity index is 200. The van der Waals surface area contributed by atoms with Crippen molar-refractivity contribution >= 4 is 15.9 Å². The number of hydrogen-bond acceptors (Lipinski definition) is 0. The summed E-state index contributed by atoms with van der Waals surface area (Å²) in [5.41, 5.74) is 0. The molecule has 0 aliphatic rings. The minimum absolute atomic E-state index is 0.486. The predicted octanol–water partition coefficient (Wildman–Crippen LogP) is 2.19. The summed E-state index contributed by atoms with van der Waals surface area (Å²) in [6.07, 6.45) is -0.987. The first kappa shape index (κ1) is 5.39. The molecule has 0 amide bonds. The SMILES string of the molecule is [2H]C([2H])(C#CCC)C#CCBr. The Morgan fingerprint density at radius 2 is 2.00 bits per heavy atom. The molecule has 0 spiro atoms. The lowest BCUT2D eigenvalue weighted by atomic mass is 10.4. The van der Waals surface area contributed by atoms with E-state index in [9.17, 15) is 0 Å². The van der Waals surface area contributed by atoms with Crippen LogP contribution in [-0.2, 0) is 0 Å². The Morgan fingerprint density at radius 3 is 2.56 bits per heavy atom. The van der Waals surface area contributed by atoms with Crippen molar-refractivity contribution in [3.8, 4) is 23.7 Å². The second kappa shape index (κ2) is 7.60. The van der Waals surface area contributed by atoms with E-state index in [2.05, 4.69) is 39.6 Å². The normalized spacial score (nSPS) is 11.3. The largest absolute Gasteiger partial charge is 0.103 e. The standard InChI is InChI=1S/C8H9Br/c1-2-3-4-5-6-7-8-9/h2,5,8H2,1H3/i5D2. The van der Waals surface area contributed by atoms with Crippen molar-refractivity contribution in [1.29, 1.82) is 0 Å². The molecule has 0 nitrogen and oxygen atoms in total. The average molecular weight is 187 g/mol. The van der Waals surface area contributed by atoms with Crippen molar-refractivity contribution in [2.24, 2.45) is 0 Å². The number of hydrogen-bond donors (Lipinski definition) is 0. The Labute approximate surface area is 68.0 Å². The Balaban J connectivity index is 4.21. The van der Waals surface area contributed by atoms with Crippen molar-refractivity contribution < 1.29 is 2.74 Å². The molecule has 0 saturated heterocycles. The summed E-state index contributed by atoms with van der Waals surface area (Å²) < 4.78 is 14.5.